The summed E-state index contributed by atoms with van der Waals surface area (Å²) >= 11 is 0. The molecule has 0 radical (unpaired) electrons. The van der Waals surface area contributed by atoms with Crippen molar-refractivity contribution in [2.75, 3.05) is 7.11 Å². The predicted octanol–water partition coefficient (Wildman–Crippen LogP) is 10.2. The molecule has 0 aliphatic carbocycles. The molecule has 0 aromatic rings. The minimum atomic E-state index is -4.16. The van der Waals surface area contributed by atoms with Gasteiger partial charge in [0.05, 0.1) is 7.11 Å². The van der Waals surface area contributed by atoms with E-state index in [1.165, 1.54) is 135 Å². The fourth-order valence-electron chi connectivity index (χ4n) is 5.83. The lowest BCUT2D eigenvalue weighted by Crippen LogP contribution is -2.60. The van der Waals surface area contributed by atoms with E-state index in [2.05, 4.69) is 18.0 Å². The summed E-state index contributed by atoms with van der Waals surface area (Å²) in [5.74, 6) is -0.384. The van der Waals surface area contributed by atoms with Crippen LogP contribution in [-0.2, 0) is 24.2 Å². The average Bonchev–Trinajstić information content (AvgIpc) is 3.00. The zero-order valence-electron chi connectivity index (χ0n) is 30.7. The number of hydrogen-bond acceptors (Lipinski definition) is 7. The molecular weight excluding hydrogens is 602 g/mol. The van der Waals surface area contributed by atoms with Gasteiger partial charge < -0.3 is 10.8 Å². The Morgan fingerprint density at radius 3 is 0.913 bits per heavy atom. The number of unbranched alkanes of at least 4 members (excludes halogenated alkanes) is 24. The van der Waals surface area contributed by atoms with Crippen LogP contribution in [0.5, 0.6) is 0 Å². The van der Waals surface area contributed by atoms with E-state index < -0.39 is 21.5 Å². The van der Waals surface area contributed by atoms with Gasteiger partial charge >= 0.3 is 10.4 Å². The van der Waals surface area contributed by atoms with Gasteiger partial charge in [-0.3, -0.25) is 18.3 Å². The highest BCUT2D eigenvalue weighted by atomic mass is 32.3. The molecule has 46 heavy (non-hydrogen) atoms. The Kier molecular flexibility index (Phi) is 31.0. The summed E-state index contributed by atoms with van der Waals surface area (Å²) in [6, 6.07) is 0. The lowest BCUT2D eigenvalue weighted by Gasteiger charge is -2.37. The molecule has 0 bridgehead atoms. The molecule has 0 aromatic carbocycles. The molecular formula is C37H75NO7S. The maximum Gasteiger partial charge on any atom is 0.397 e. The smallest absolute Gasteiger partial charge is 0.375 e. The monoisotopic (exact) mass is 678 g/mol. The number of ketones is 2. The zero-order valence-corrected chi connectivity index (χ0v) is 31.5. The maximum atomic E-state index is 13.1. The van der Waals surface area contributed by atoms with E-state index in [1.807, 2.05) is 0 Å². The maximum absolute atomic E-state index is 13.1. The largest absolute Gasteiger partial charge is 0.397 e. The summed E-state index contributed by atoms with van der Waals surface area (Å²) in [5, 5.41) is 10.6. The van der Waals surface area contributed by atoms with Crippen molar-refractivity contribution < 1.29 is 31.8 Å². The predicted molar refractivity (Wildman–Crippen MR) is 192 cm³/mol. The molecule has 0 aliphatic rings. The molecule has 0 saturated heterocycles. The van der Waals surface area contributed by atoms with Crippen LogP contribution in [0.15, 0.2) is 0 Å². The second-order valence-electron chi connectivity index (χ2n) is 13.7. The Morgan fingerprint density at radius 2 is 0.739 bits per heavy atom. The van der Waals surface area contributed by atoms with E-state index in [9.17, 15) is 23.1 Å². The second-order valence-corrected chi connectivity index (χ2v) is 14.9. The fraction of sp³-hybridized carbons (Fsp3) is 0.946. The topological polar surface area (TPSA) is 144 Å². The Balaban J connectivity index is 0. The first-order valence-corrected chi connectivity index (χ1v) is 20.2. The first-order chi connectivity index (χ1) is 21.8. The summed E-state index contributed by atoms with van der Waals surface area (Å²) in [4.78, 5) is 26.3. The van der Waals surface area contributed by atoms with Crippen LogP contribution in [0, 0.1) is 5.41 Å². The molecule has 0 fully saturated rings. The second kappa shape index (κ2) is 30.2. The summed E-state index contributed by atoms with van der Waals surface area (Å²) in [6.45, 7) is 7.51. The molecule has 276 valence electrons. The fourth-order valence-corrected chi connectivity index (χ4v) is 5.83. The van der Waals surface area contributed by atoms with Crippen molar-refractivity contribution in [3.8, 4) is 0 Å². The van der Waals surface area contributed by atoms with Gasteiger partial charge in [-0.15, -0.1) is 0 Å². The van der Waals surface area contributed by atoms with Crippen LogP contribution in [-0.4, -0.2) is 42.5 Å². The number of rotatable bonds is 32. The van der Waals surface area contributed by atoms with E-state index in [1.54, 1.807) is 6.92 Å². The van der Waals surface area contributed by atoms with Gasteiger partial charge in [-0.1, -0.05) is 168 Å². The quantitative estimate of drug-likeness (QED) is 0.0276. The van der Waals surface area contributed by atoms with E-state index in [-0.39, 0.29) is 11.6 Å². The molecule has 0 amide bonds. The van der Waals surface area contributed by atoms with Gasteiger partial charge in [0.2, 0.25) is 0 Å². The van der Waals surface area contributed by atoms with Crippen LogP contribution < -0.4 is 5.73 Å². The number of nitrogens with two attached hydrogens (primary N) is 1. The first-order valence-electron chi connectivity index (χ1n) is 18.9. The van der Waals surface area contributed by atoms with Crippen LogP contribution in [0.1, 0.15) is 207 Å². The van der Waals surface area contributed by atoms with Gasteiger partial charge in [0.25, 0.3) is 0 Å². The minimum absolute atomic E-state index is 0.192. The zero-order chi connectivity index (χ0) is 35.2. The molecule has 9 heteroatoms. The van der Waals surface area contributed by atoms with Crippen LogP contribution >= 0.6 is 0 Å². The van der Waals surface area contributed by atoms with Crippen molar-refractivity contribution in [2.24, 2.45) is 11.1 Å². The number of carbonyl (C=O) groups is 2. The van der Waals surface area contributed by atoms with E-state index >= 15 is 0 Å². The van der Waals surface area contributed by atoms with Gasteiger partial charge in [-0.05, 0) is 26.7 Å². The van der Waals surface area contributed by atoms with Gasteiger partial charge in [0.1, 0.15) is 22.7 Å². The number of aliphatic hydroxyl groups is 1. The molecule has 0 rings (SSSR count). The average molecular weight is 678 g/mol. The molecule has 4 N–H and O–H groups in total. The Labute approximate surface area is 284 Å². The number of carbonyl (C=O) groups excluding carboxylic acids is 2. The number of hydrogen-bond donors (Lipinski definition) is 3. The van der Waals surface area contributed by atoms with Crippen molar-refractivity contribution in [1.82, 2.24) is 0 Å². The number of Topliss-reactive ketones (excluding diaryl/α,β-unsaturated/α-hetero) is 2. The van der Waals surface area contributed by atoms with Crippen LogP contribution in [0.25, 0.3) is 0 Å². The molecule has 0 aliphatic heterocycles. The van der Waals surface area contributed by atoms with Gasteiger partial charge in [0, 0.05) is 12.8 Å². The summed E-state index contributed by atoms with van der Waals surface area (Å²) in [5.41, 5.74) is 2.68. The lowest BCUT2D eigenvalue weighted by atomic mass is 9.70. The van der Waals surface area contributed by atoms with Crippen molar-refractivity contribution in [1.29, 1.82) is 0 Å². The van der Waals surface area contributed by atoms with Gasteiger partial charge in [-0.2, -0.15) is 8.42 Å². The highest BCUT2D eigenvalue weighted by Crippen LogP contribution is 2.34. The normalized spacial score (nSPS) is 13.2. The van der Waals surface area contributed by atoms with Crippen molar-refractivity contribution >= 4 is 22.0 Å². The highest BCUT2D eigenvalue weighted by molar-refractivity contribution is 7.80. The standard InChI is InChI=1S/C36H71NO3.CH4O4S/c1-5-7-9-11-13-15-17-19-21-23-25-27-29-31-33(38)35(3,36(4,37)40)34(39)32-30-28-26-24-22-20-18-16-14-12-10-8-6-2;1-5-6(2,3)4/h40H,5-32,37H2,1-4H3;1H3,(H,2,3,4). The van der Waals surface area contributed by atoms with Gasteiger partial charge in [0.15, 0.2) is 0 Å². The van der Waals surface area contributed by atoms with Gasteiger partial charge in [-0.25, -0.2) is 0 Å². The van der Waals surface area contributed by atoms with Crippen LogP contribution in [0.2, 0.25) is 0 Å². The Morgan fingerprint density at radius 1 is 0.543 bits per heavy atom. The third-order valence-corrected chi connectivity index (χ3v) is 9.77. The third kappa shape index (κ3) is 27.1. The molecule has 8 nitrogen and oxygen atoms in total. The summed E-state index contributed by atoms with van der Waals surface area (Å²) < 4.78 is 29.7. The highest BCUT2D eigenvalue weighted by Gasteiger charge is 2.51. The Hall–Kier alpha value is -0.870. The minimum Gasteiger partial charge on any atom is -0.375 e. The van der Waals surface area contributed by atoms with Crippen LogP contribution in [0.3, 0.4) is 0 Å². The molecule has 1 unspecified atom stereocenters. The van der Waals surface area contributed by atoms with Crippen molar-refractivity contribution in [3.63, 3.8) is 0 Å². The molecule has 0 aromatic heterocycles. The first kappa shape index (κ1) is 47.2. The third-order valence-electron chi connectivity index (χ3n) is 9.35. The van der Waals surface area contributed by atoms with E-state index in [0.717, 1.165) is 45.6 Å². The van der Waals surface area contributed by atoms with E-state index in [4.69, 9.17) is 10.3 Å². The molecule has 1 atom stereocenters. The SMILES string of the molecule is CCCCCCCCCCCCCCCC(=O)C(C)(C(=O)CCCCCCCCCCCCCCC)C(C)(N)O.COS(=O)(=O)O. The summed E-state index contributed by atoms with van der Waals surface area (Å²) in [7, 11) is -3.29. The van der Waals surface area contributed by atoms with Crippen molar-refractivity contribution in [3.05, 3.63) is 0 Å². The molecule has 0 saturated carbocycles. The molecule has 0 spiro atoms. The van der Waals surface area contributed by atoms with Crippen molar-refractivity contribution in [2.45, 2.75) is 213 Å². The molecule has 0 heterocycles. The Bertz CT molecular complexity index is 782. The summed E-state index contributed by atoms with van der Waals surface area (Å²) in [6.07, 6.45) is 33.2. The lowest BCUT2D eigenvalue weighted by molar-refractivity contribution is -0.156. The van der Waals surface area contributed by atoms with Crippen LogP contribution in [0.4, 0.5) is 0 Å². The van der Waals surface area contributed by atoms with E-state index in [0.29, 0.717) is 12.8 Å².